The molecule has 3 atom stereocenters. The Bertz CT molecular complexity index is 1030. The lowest BCUT2D eigenvalue weighted by Crippen LogP contribution is -2.50. The van der Waals surface area contributed by atoms with Crippen molar-refractivity contribution >= 4 is 5.91 Å². The number of allylic oxidation sites excluding steroid dienone is 4. The quantitative estimate of drug-likeness (QED) is 0.0361. The minimum absolute atomic E-state index is 0.138. The van der Waals surface area contributed by atoms with Gasteiger partial charge < -0.3 is 20.6 Å². The third kappa shape index (κ3) is 54.4. The van der Waals surface area contributed by atoms with Crippen LogP contribution in [0.15, 0.2) is 24.3 Å². The highest BCUT2D eigenvalue weighted by molar-refractivity contribution is 5.76. The number of unbranched alkanes of at least 4 members (excludes halogenated alkanes) is 47. The van der Waals surface area contributed by atoms with Crippen LogP contribution in [0.25, 0.3) is 0 Å². The average Bonchev–Trinajstić information content (AvgIpc) is 3.35. The Morgan fingerprint density at radius 2 is 0.623 bits per heavy atom. The topological polar surface area (TPSA) is 89.8 Å². The molecule has 0 aliphatic carbocycles. The molecule has 0 aliphatic heterocycles. The smallest absolute Gasteiger partial charge is 0.220 e. The molecule has 4 N–H and O–H groups in total. The van der Waals surface area contributed by atoms with Gasteiger partial charge in [-0.05, 0) is 44.9 Å². The van der Waals surface area contributed by atoms with Gasteiger partial charge in [-0.2, -0.15) is 0 Å². The number of aliphatic hydroxyl groups is 3. The Balaban J connectivity index is 3.48. The molecule has 0 radical (unpaired) electrons. The minimum atomic E-state index is -1.14. The summed E-state index contributed by atoms with van der Waals surface area (Å²) in [4.78, 5) is 12.6. The molecule has 0 fully saturated rings. The molecule has 0 aromatic rings. The molecule has 5 heteroatoms. The molecule has 0 saturated heterocycles. The molecule has 3 unspecified atom stereocenters. The molecule has 1 amide bonds. The van der Waals surface area contributed by atoms with E-state index in [1.165, 1.54) is 289 Å². The Morgan fingerprint density at radius 3 is 0.913 bits per heavy atom. The zero-order chi connectivity index (χ0) is 50.0. The van der Waals surface area contributed by atoms with Crippen LogP contribution in [0.1, 0.15) is 354 Å². The van der Waals surface area contributed by atoms with E-state index in [0.29, 0.717) is 12.8 Å². The van der Waals surface area contributed by atoms with Gasteiger partial charge in [0.15, 0.2) is 0 Å². The highest BCUT2D eigenvalue weighted by Crippen LogP contribution is 2.19. The van der Waals surface area contributed by atoms with Crippen LogP contribution in [-0.4, -0.2) is 46.1 Å². The maximum atomic E-state index is 12.6. The summed E-state index contributed by atoms with van der Waals surface area (Å²) in [5, 5.41) is 33.9. The molecule has 0 aliphatic rings. The highest BCUT2D eigenvalue weighted by atomic mass is 16.3. The highest BCUT2D eigenvalue weighted by Gasteiger charge is 2.26. The molecule has 5 nitrogen and oxygen atoms in total. The summed E-state index contributed by atoms with van der Waals surface area (Å²) >= 11 is 0. The summed E-state index contributed by atoms with van der Waals surface area (Å²) in [6.45, 7) is 4.22. The average molecular weight is 973 g/mol. The molecular formula is C64H125NO4. The molecular weight excluding hydrogens is 847 g/mol. The van der Waals surface area contributed by atoms with E-state index >= 15 is 0 Å². The number of amides is 1. The van der Waals surface area contributed by atoms with E-state index in [9.17, 15) is 20.1 Å². The fourth-order valence-electron chi connectivity index (χ4n) is 10.2. The Morgan fingerprint density at radius 1 is 0.362 bits per heavy atom. The van der Waals surface area contributed by atoms with Gasteiger partial charge in [0.1, 0.15) is 6.10 Å². The van der Waals surface area contributed by atoms with E-state index < -0.39 is 18.2 Å². The van der Waals surface area contributed by atoms with Crippen LogP contribution in [0.4, 0.5) is 0 Å². The van der Waals surface area contributed by atoms with E-state index in [1.807, 2.05) is 0 Å². The first-order valence-corrected chi connectivity index (χ1v) is 31.6. The van der Waals surface area contributed by atoms with Crippen molar-refractivity contribution in [1.29, 1.82) is 0 Å². The molecule has 0 rings (SSSR count). The fraction of sp³-hybridized carbons (Fsp3) is 0.922. The molecule has 0 spiro atoms. The second kappa shape index (κ2) is 59.4. The van der Waals surface area contributed by atoms with Crippen molar-refractivity contribution in [3.8, 4) is 0 Å². The van der Waals surface area contributed by atoms with Crippen molar-refractivity contribution in [2.75, 3.05) is 6.61 Å². The third-order valence-corrected chi connectivity index (χ3v) is 15.1. The van der Waals surface area contributed by atoms with Crippen LogP contribution in [0.2, 0.25) is 0 Å². The number of hydrogen-bond donors (Lipinski definition) is 4. The van der Waals surface area contributed by atoms with Gasteiger partial charge in [-0.1, -0.05) is 327 Å². The molecule has 0 aromatic heterocycles. The molecule has 0 heterocycles. The van der Waals surface area contributed by atoms with Crippen LogP contribution >= 0.6 is 0 Å². The lowest BCUT2D eigenvalue weighted by Gasteiger charge is -2.26. The van der Waals surface area contributed by atoms with Crippen molar-refractivity contribution in [3.63, 3.8) is 0 Å². The van der Waals surface area contributed by atoms with Gasteiger partial charge in [0.25, 0.3) is 0 Å². The predicted molar refractivity (Wildman–Crippen MR) is 305 cm³/mol. The van der Waals surface area contributed by atoms with E-state index in [2.05, 4.69) is 43.5 Å². The zero-order valence-electron chi connectivity index (χ0n) is 47.0. The van der Waals surface area contributed by atoms with Gasteiger partial charge in [-0.25, -0.2) is 0 Å². The van der Waals surface area contributed by atoms with Crippen molar-refractivity contribution in [2.24, 2.45) is 0 Å². The van der Waals surface area contributed by atoms with Crippen LogP contribution < -0.4 is 5.32 Å². The molecule has 0 bridgehead atoms. The monoisotopic (exact) mass is 972 g/mol. The van der Waals surface area contributed by atoms with Crippen LogP contribution in [0.3, 0.4) is 0 Å². The van der Waals surface area contributed by atoms with E-state index in [0.717, 1.165) is 38.5 Å². The van der Waals surface area contributed by atoms with Gasteiger partial charge in [-0.3, -0.25) is 4.79 Å². The standard InChI is InChI=1S/C64H125NO4/c1-3-5-7-9-11-13-15-17-19-21-23-25-27-28-29-30-31-32-33-34-35-36-37-39-41-43-45-47-49-51-53-55-57-59-63(68)65-61(60-66)64(69)62(67)58-56-54-52-50-48-46-44-42-40-38-26-24-22-20-18-16-14-12-10-8-6-4-2/h23,25,28-29,61-62,64,66-67,69H,3-22,24,26-27,30-60H2,1-2H3,(H,65,68)/b25-23-,29-28-. The van der Waals surface area contributed by atoms with Crippen LogP contribution in [0.5, 0.6) is 0 Å². The Hall–Kier alpha value is -1.17. The van der Waals surface area contributed by atoms with Gasteiger partial charge in [0, 0.05) is 6.42 Å². The van der Waals surface area contributed by atoms with E-state index in [4.69, 9.17) is 0 Å². The van der Waals surface area contributed by atoms with E-state index in [1.54, 1.807) is 0 Å². The van der Waals surface area contributed by atoms with Crippen molar-refractivity contribution in [3.05, 3.63) is 24.3 Å². The van der Waals surface area contributed by atoms with Gasteiger partial charge in [0.05, 0.1) is 18.8 Å². The minimum Gasteiger partial charge on any atom is -0.394 e. The largest absolute Gasteiger partial charge is 0.394 e. The van der Waals surface area contributed by atoms with Crippen molar-refractivity contribution < 1.29 is 20.1 Å². The summed E-state index contributed by atoms with van der Waals surface area (Å²) in [6, 6.07) is -0.808. The van der Waals surface area contributed by atoms with Crippen LogP contribution in [0, 0.1) is 0 Å². The molecule has 0 aromatic carbocycles. The number of nitrogens with one attached hydrogen (secondary N) is 1. The molecule has 410 valence electrons. The zero-order valence-corrected chi connectivity index (χ0v) is 47.0. The predicted octanol–water partition coefficient (Wildman–Crippen LogP) is 20.0. The van der Waals surface area contributed by atoms with Gasteiger partial charge >= 0.3 is 0 Å². The number of aliphatic hydroxyl groups excluding tert-OH is 3. The summed E-state index contributed by atoms with van der Waals surface area (Å²) in [7, 11) is 0. The summed E-state index contributed by atoms with van der Waals surface area (Å²) < 4.78 is 0. The fourth-order valence-corrected chi connectivity index (χ4v) is 10.2. The van der Waals surface area contributed by atoms with Crippen LogP contribution in [-0.2, 0) is 4.79 Å². The second-order valence-electron chi connectivity index (χ2n) is 22.0. The first-order valence-electron chi connectivity index (χ1n) is 31.6. The van der Waals surface area contributed by atoms with Crippen molar-refractivity contribution in [2.45, 2.75) is 372 Å². The Labute approximate surface area is 432 Å². The Kier molecular flexibility index (Phi) is 58.4. The molecule has 0 saturated carbocycles. The summed E-state index contributed by atoms with van der Waals surface area (Å²) in [5.74, 6) is -0.138. The normalized spacial score (nSPS) is 13.3. The van der Waals surface area contributed by atoms with E-state index in [-0.39, 0.29) is 12.5 Å². The second-order valence-corrected chi connectivity index (χ2v) is 22.0. The summed E-state index contributed by atoms with van der Waals surface area (Å²) in [5.41, 5.74) is 0. The maximum absolute atomic E-state index is 12.6. The number of hydrogen-bond acceptors (Lipinski definition) is 4. The van der Waals surface area contributed by atoms with Crippen molar-refractivity contribution in [1.82, 2.24) is 5.32 Å². The summed E-state index contributed by atoms with van der Waals surface area (Å²) in [6.07, 6.45) is 76.5. The number of rotatable bonds is 59. The lowest BCUT2D eigenvalue weighted by molar-refractivity contribution is -0.124. The SMILES string of the molecule is CCCCCCCCCCC/C=C\C/C=C\CCCCCCCCCCCCCCCCCCCC(=O)NC(CO)C(O)C(O)CCCCCCCCCCCCCCCCCCCCCCCC. The maximum Gasteiger partial charge on any atom is 0.220 e. The third-order valence-electron chi connectivity index (χ3n) is 15.1. The lowest BCUT2D eigenvalue weighted by atomic mass is 9.99. The molecule has 69 heavy (non-hydrogen) atoms. The first kappa shape index (κ1) is 67.8. The van der Waals surface area contributed by atoms with Gasteiger partial charge in [-0.15, -0.1) is 0 Å². The number of carbonyl (C=O) groups excluding carboxylic acids is 1. The number of carbonyl (C=O) groups is 1. The first-order chi connectivity index (χ1) is 34.1. The van der Waals surface area contributed by atoms with Gasteiger partial charge in [0.2, 0.25) is 5.91 Å².